The SMILES string of the molecule is CC1(C)C(CCOc2ccn[nH]2)C1(C)C. The maximum absolute atomic E-state index is 5.57. The zero-order chi connectivity index (χ0) is 11.1. The van der Waals surface area contributed by atoms with Crippen LogP contribution in [0.1, 0.15) is 34.1 Å². The molecular weight excluding hydrogens is 188 g/mol. The highest BCUT2D eigenvalue weighted by Crippen LogP contribution is 2.69. The minimum absolute atomic E-state index is 0.463. The summed E-state index contributed by atoms with van der Waals surface area (Å²) in [5.74, 6) is 1.54. The van der Waals surface area contributed by atoms with Gasteiger partial charge in [-0.3, -0.25) is 0 Å². The van der Waals surface area contributed by atoms with Crippen LogP contribution in [0.3, 0.4) is 0 Å². The van der Waals surface area contributed by atoms with E-state index in [1.807, 2.05) is 6.07 Å². The van der Waals surface area contributed by atoms with E-state index >= 15 is 0 Å². The van der Waals surface area contributed by atoms with Crippen molar-refractivity contribution in [3.05, 3.63) is 12.3 Å². The first-order valence-corrected chi connectivity index (χ1v) is 5.58. The van der Waals surface area contributed by atoms with Gasteiger partial charge in [-0.1, -0.05) is 27.7 Å². The van der Waals surface area contributed by atoms with Gasteiger partial charge in [0.25, 0.3) is 0 Å². The topological polar surface area (TPSA) is 37.9 Å². The lowest BCUT2D eigenvalue weighted by Crippen LogP contribution is -2.01. The second-order valence-electron chi connectivity index (χ2n) is 5.55. The van der Waals surface area contributed by atoms with Gasteiger partial charge in [-0.05, 0) is 23.2 Å². The summed E-state index contributed by atoms with van der Waals surface area (Å²) in [6.45, 7) is 10.1. The van der Waals surface area contributed by atoms with Crippen LogP contribution in [-0.4, -0.2) is 16.8 Å². The Kier molecular flexibility index (Phi) is 2.28. The molecule has 1 heterocycles. The maximum atomic E-state index is 5.57. The zero-order valence-electron chi connectivity index (χ0n) is 10.0. The number of aromatic amines is 1. The summed E-state index contributed by atoms with van der Waals surface area (Å²) in [4.78, 5) is 0. The number of ether oxygens (including phenoxy) is 1. The van der Waals surface area contributed by atoms with Crippen LogP contribution < -0.4 is 4.74 Å². The fourth-order valence-corrected chi connectivity index (χ4v) is 2.67. The van der Waals surface area contributed by atoms with Crippen LogP contribution in [0.15, 0.2) is 12.3 Å². The Hall–Kier alpha value is -0.990. The Morgan fingerprint density at radius 2 is 2.00 bits per heavy atom. The Morgan fingerprint density at radius 3 is 2.47 bits per heavy atom. The molecule has 1 fully saturated rings. The van der Waals surface area contributed by atoms with E-state index in [2.05, 4.69) is 37.9 Å². The highest BCUT2D eigenvalue weighted by atomic mass is 16.5. The lowest BCUT2D eigenvalue weighted by molar-refractivity contribution is 0.279. The van der Waals surface area contributed by atoms with Crippen molar-refractivity contribution in [1.82, 2.24) is 10.2 Å². The summed E-state index contributed by atoms with van der Waals surface area (Å²) in [6, 6.07) is 1.85. The number of hydrogen-bond donors (Lipinski definition) is 1. The normalized spacial score (nSPS) is 22.7. The first-order chi connectivity index (χ1) is 6.96. The summed E-state index contributed by atoms with van der Waals surface area (Å²) in [5, 5.41) is 6.64. The Bertz CT molecular complexity index is 313. The molecule has 0 atom stereocenters. The van der Waals surface area contributed by atoms with Crippen molar-refractivity contribution < 1.29 is 4.74 Å². The van der Waals surface area contributed by atoms with Crippen LogP contribution in [0.4, 0.5) is 0 Å². The summed E-state index contributed by atoms with van der Waals surface area (Å²) in [6.07, 6.45) is 2.83. The van der Waals surface area contributed by atoms with Gasteiger partial charge in [0.15, 0.2) is 0 Å². The van der Waals surface area contributed by atoms with Crippen molar-refractivity contribution in [2.45, 2.75) is 34.1 Å². The predicted molar refractivity (Wildman–Crippen MR) is 59.8 cm³/mol. The molecule has 1 aromatic heterocycles. The molecule has 0 aliphatic heterocycles. The van der Waals surface area contributed by atoms with Crippen LogP contribution in [0.5, 0.6) is 5.88 Å². The van der Waals surface area contributed by atoms with Gasteiger partial charge in [-0.2, -0.15) is 5.10 Å². The fraction of sp³-hybridized carbons (Fsp3) is 0.750. The maximum Gasteiger partial charge on any atom is 0.208 e. The molecule has 1 N–H and O–H groups in total. The molecule has 0 saturated heterocycles. The quantitative estimate of drug-likeness (QED) is 0.826. The largest absolute Gasteiger partial charge is 0.478 e. The second kappa shape index (κ2) is 3.26. The molecule has 15 heavy (non-hydrogen) atoms. The average molecular weight is 208 g/mol. The molecule has 1 aromatic rings. The third kappa shape index (κ3) is 1.64. The molecule has 3 heteroatoms. The van der Waals surface area contributed by atoms with Crippen LogP contribution in [-0.2, 0) is 0 Å². The number of nitrogens with one attached hydrogen (secondary N) is 1. The van der Waals surface area contributed by atoms with Gasteiger partial charge in [-0.25, -0.2) is 5.10 Å². The lowest BCUT2D eigenvalue weighted by Gasteiger charge is -2.04. The van der Waals surface area contributed by atoms with Gasteiger partial charge in [-0.15, -0.1) is 0 Å². The molecule has 1 aliphatic rings. The van der Waals surface area contributed by atoms with Crippen molar-refractivity contribution in [1.29, 1.82) is 0 Å². The van der Waals surface area contributed by atoms with Crippen molar-refractivity contribution in [3.63, 3.8) is 0 Å². The van der Waals surface area contributed by atoms with E-state index in [1.54, 1.807) is 6.20 Å². The minimum atomic E-state index is 0.463. The third-order valence-electron chi connectivity index (χ3n) is 4.46. The zero-order valence-corrected chi connectivity index (χ0v) is 10.0. The summed E-state index contributed by atoms with van der Waals surface area (Å²) in [5.41, 5.74) is 0.925. The van der Waals surface area contributed by atoms with Crippen molar-refractivity contribution in [2.24, 2.45) is 16.7 Å². The molecule has 3 nitrogen and oxygen atoms in total. The van der Waals surface area contributed by atoms with Crippen molar-refractivity contribution >= 4 is 0 Å². The number of nitrogens with zero attached hydrogens (tertiary/aromatic N) is 1. The second-order valence-corrected chi connectivity index (χ2v) is 5.55. The number of rotatable bonds is 4. The number of H-pyrrole nitrogens is 1. The van der Waals surface area contributed by atoms with E-state index in [-0.39, 0.29) is 0 Å². The average Bonchev–Trinajstić information content (AvgIpc) is 2.62. The molecule has 0 radical (unpaired) electrons. The van der Waals surface area contributed by atoms with Crippen LogP contribution in [0.25, 0.3) is 0 Å². The van der Waals surface area contributed by atoms with Gasteiger partial charge < -0.3 is 4.74 Å². The molecule has 84 valence electrons. The van der Waals surface area contributed by atoms with Gasteiger partial charge in [0.1, 0.15) is 0 Å². The van der Waals surface area contributed by atoms with Crippen LogP contribution in [0, 0.1) is 16.7 Å². The van der Waals surface area contributed by atoms with Crippen LogP contribution >= 0.6 is 0 Å². The molecule has 1 aliphatic carbocycles. The first kappa shape index (κ1) is 10.5. The van der Waals surface area contributed by atoms with E-state index < -0.39 is 0 Å². The van der Waals surface area contributed by atoms with Crippen molar-refractivity contribution in [3.8, 4) is 5.88 Å². The minimum Gasteiger partial charge on any atom is -0.478 e. The van der Waals surface area contributed by atoms with E-state index in [0.29, 0.717) is 10.8 Å². The molecule has 2 rings (SSSR count). The van der Waals surface area contributed by atoms with Gasteiger partial charge in [0.05, 0.1) is 12.8 Å². The predicted octanol–water partition coefficient (Wildman–Crippen LogP) is 2.86. The van der Waals surface area contributed by atoms with Gasteiger partial charge >= 0.3 is 0 Å². The highest BCUT2D eigenvalue weighted by Gasteiger charge is 2.63. The van der Waals surface area contributed by atoms with Gasteiger partial charge in [0.2, 0.25) is 5.88 Å². The van der Waals surface area contributed by atoms with E-state index in [4.69, 9.17) is 4.74 Å². The molecule has 0 unspecified atom stereocenters. The van der Waals surface area contributed by atoms with Crippen LogP contribution in [0.2, 0.25) is 0 Å². The Balaban J connectivity index is 1.77. The number of aromatic nitrogens is 2. The fourth-order valence-electron chi connectivity index (χ4n) is 2.67. The molecule has 0 spiro atoms. The van der Waals surface area contributed by atoms with E-state index in [1.165, 1.54) is 0 Å². The smallest absolute Gasteiger partial charge is 0.208 e. The first-order valence-electron chi connectivity index (χ1n) is 5.58. The molecule has 0 amide bonds. The Labute approximate surface area is 91.2 Å². The van der Waals surface area contributed by atoms with E-state index in [0.717, 1.165) is 24.8 Å². The van der Waals surface area contributed by atoms with Gasteiger partial charge in [0, 0.05) is 6.07 Å². The summed E-state index contributed by atoms with van der Waals surface area (Å²) in [7, 11) is 0. The highest BCUT2D eigenvalue weighted by molar-refractivity contribution is 5.12. The summed E-state index contributed by atoms with van der Waals surface area (Å²) >= 11 is 0. The monoisotopic (exact) mass is 208 g/mol. The molecule has 0 bridgehead atoms. The lowest BCUT2D eigenvalue weighted by atomic mass is 10.0. The van der Waals surface area contributed by atoms with Crippen molar-refractivity contribution in [2.75, 3.05) is 6.61 Å². The van der Waals surface area contributed by atoms with E-state index in [9.17, 15) is 0 Å². The molecule has 0 aromatic carbocycles. The standard InChI is InChI=1S/C12H20N2O/c1-11(2)9(12(11,3)4)6-8-15-10-5-7-13-14-10/h5,7,9H,6,8H2,1-4H3,(H,13,14). The number of hydrogen-bond acceptors (Lipinski definition) is 2. The molecular formula is C12H20N2O. The summed E-state index contributed by atoms with van der Waals surface area (Å²) < 4.78 is 5.57. The third-order valence-corrected chi connectivity index (χ3v) is 4.46. The molecule has 1 saturated carbocycles. The Morgan fingerprint density at radius 1 is 1.33 bits per heavy atom.